The summed E-state index contributed by atoms with van der Waals surface area (Å²) in [5, 5.41) is 3.68. The van der Waals surface area contributed by atoms with E-state index in [2.05, 4.69) is 12.2 Å². The summed E-state index contributed by atoms with van der Waals surface area (Å²) < 4.78 is 18.5. The molecule has 0 aromatic heterocycles. The van der Waals surface area contributed by atoms with Crippen LogP contribution in [0.3, 0.4) is 0 Å². The van der Waals surface area contributed by atoms with Crippen molar-refractivity contribution in [1.82, 2.24) is 5.32 Å². The molecule has 0 aliphatic rings. The summed E-state index contributed by atoms with van der Waals surface area (Å²) in [5.41, 5.74) is 0.868. The van der Waals surface area contributed by atoms with E-state index in [-0.39, 0.29) is 5.82 Å². The fourth-order valence-corrected chi connectivity index (χ4v) is 1.84. The highest BCUT2D eigenvalue weighted by atomic mass is 35.5. The van der Waals surface area contributed by atoms with Gasteiger partial charge in [-0.3, -0.25) is 0 Å². The summed E-state index contributed by atoms with van der Waals surface area (Å²) >= 11 is 5.77. The maximum absolute atomic E-state index is 13.0. The van der Waals surface area contributed by atoms with E-state index in [1.165, 1.54) is 18.6 Å². The van der Waals surface area contributed by atoms with Gasteiger partial charge in [0.15, 0.2) is 0 Å². The van der Waals surface area contributed by atoms with Crippen LogP contribution in [0.1, 0.15) is 31.7 Å². The molecule has 102 valence electrons. The van der Waals surface area contributed by atoms with Crippen molar-refractivity contribution in [2.24, 2.45) is 0 Å². The Bertz CT molecular complexity index is 326. The molecule has 0 bridgehead atoms. The lowest BCUT2D eigenvalue weighted by molar-refractivity contribution is 0.129. The van der Waals surface area contributed by atoms with Gasteiger partial charge in [0, 0.05) is 24.8 Å². The molecule has 0 fully saturated rings. The van der Waals surface area contributed by atoms with Crippen molar-refractivity contribution in [2.45, 2.75) is 32.7 Å². The van der Waals surface area contributed by atoms with E-state index in [9.17, 15) is 4.39 Å². The van der Waals surface area contributed by atoms with Crippen LogP contribution in [0.2, 0.25) is 5.02 Å². The lowest BCUT2D eigenvalue weighted by Crippen LogP contribution is -2.16. The number of hydrogen-bond donors (Lipinski definition) is 1. The molecule has 0 unspecified atom stereocenters. The third-order valence-electron chi connectivity index (χ3n) is 2.54. The van der Waals surface area contributed by atoms with E-state index in [4.69, 9.17) is 16.3 Å². The Balaban J connectivity index is 2.07. The minimum Gasteiger partial charge on any atom is -0.381 e. The highest BCUT2D eigenvalue weighted by Crippen LogP contribution is 2.13. The van der Waals surface area contributed by atoms with Crippen molar-refractivity contribution in [2.75, 3.05) is 19.8 Å². The zero-order chi connectivity index (χ0) is 13.2. The van der Waals surface area contributed by atoms with Crippen LogP contribution in [0, 0.1) is 5.82 Å². The molecule has 1 aromatic rings. The highest BCUT2D eigenvalue weighted by Gasteiger charge is 1.98. The summed E-state index contributed by atoms with van der Waals surface area (Å²) in [6, 6.07) is 4.58. The van der Waals surface area contributed by atoms with Crippen LogP contribution in [0.15, 0.2) is 18.2 Å². The first-order valence-electron chi connectivity index (χ1n) is 6.46. The standard InChI is InChI=1S/C14H21ClFNO/c1-2-3-6-18-7-4-5-17-11-12-8-13(15)10-14(16)9-12/h8-10,17H,2-7,11H2,1H3. The SMILES string of the molecule is CCCCOCCCNCc1cc(F)cc(Cl)c1. The third-order valence-corrected chi connectivity index (χ3v) is 2.75. The molecular formula is C14H21ClFNO. The minimum absolute atomic E-state index is 0.290. The summed E-state index contributed by atoms with van der Waals surface area (Å²) in [7, 11) is 0. The maximum atomic E-state index is 13.0. The Morgan fingerprint density at radius 2 is 2.00 bits per heavy atom. The van der Waals surface area contributed by atoms with Crippen LogP contribution in [0.25, 0.3) is 0 Å². The van der Waals surface area contributed by atoms with Gasteiger partial charge in [-0.15, -0.1) is 0 Å². The number of unbranched alkanes of at least 4 members (excludes halogenated alkanes) is 1. The molecule has 1 aromatic carbocycles. The molecule has 18 heavy (non-hydrogen) atoms. The zero-order valence-electron chi connectivity index (χ0n) is 10.8. The molecule has 0 heterocycles. The molecule has 0 radical (unpaired) electrons. The molecule has 0 aliphatic carbocycles. The summed E-state index contributed by atoms with van der Waals surface area (Å²) in [5.74, 6) is -0.290. The zero-order valence-corrected chi connectivity index (χ0v) is 11.6. The highest BCUT2D eigenvalue weighted by molar-refractivity contribution is 6.30. The first kappa shape index (κ1) is 15.4. The monoisotopic (exact) mass is 273 g/mol. The van der Waals surface area contributed by atoms with Gasteiger partial charge in [-0.05, 0) is 43.1 Å². The van der Waals surface area contributed by atoms with Crippen molar-refractivity contribution in [3.63, 3.8) is 0 Å². The second-order valence-corrected chi connectivity index (χ2v) is 4.71. The average Bonchev–Trinajstić information content (AvgIpc) is 2.31. The molecule has 1 rings (SSSR count). The van der Waals surface area contributed by atoms with Gasteiger partial charge in [0.25, 0.3) is 0 Å². The van der Waals surface area contributed by atoms with Crippen molar-refractivity contribution in [3.8, 4) is 0 Å². The predicted octanol–water partition coefficient (Wildman–Crippen LogP) is 3.78. The number of benzene rings is 1. The Hall–Kier alpha value is -0.640. The van der Waals surface area contributed by atoms with Gasteiger partial charge in [-0.2, -0.15) is 0 Å². The third kappa shape index (κ3) is 6.94. The molecule has 0 atom stereocenters. The average molecular weight is 274 g/mol. The molecule has 4 heteroatoms. The first-order chi connectivity index (χ1) is 8.72. The normalized spacial score (nSPS) is 10.8. The van der Waals surface area contributed by atoms with Crippen LogP contribution < -0.4 is 5.32 Å². The molecule has 0 amide bonds. The number of ether oxygens (including phenoxy) is 1. The number of halogens is 2. The maximum Gasteiger partial charge on any atom is 0.125 e. The van der Waals surface area contributed by atoms with E-state index in [0.717, 1.165) is 38.2 Å². The van der Waals surface area contributed by atoms with Crippen molar-refractivity contribution < 1.29 is 9.13 Å². The Kier molecular flexibility index (Phi) is 7.98. The number of rotatable bonds is 9. The summed E-state index contributed by atoms with van der Waals surface area (Å²) in [6.45, 7) is 5.26. The molecular weight excluding hydrogens is 253 g/mol. The van der Waals surface area contributed by atoms with Crippen LogP contribution in [0.5, 0.6) is 0 Å². The quantitative estimate of drug-likeness (QED) is 0.692. The van der Waals surface area contributed by atoms with E-state index in [0.29, 0.717) is 11.6 Å². The Labute approximate surface area is 113 Å². The molecule has 0 aliphatic heterocycles. The van der Waals surface area contributed by atoms with Crippen molar-refractivity contribution in [1.29, 1.82) is 0 Å². The van der Waals surface area contributed by atoms with Gasteiger partial charge in [0.2, 0.25) is 0 Å². The topological polar surface area (TPSA) is 21.3 Å². The Morgan fingerprint density at radius 3 is 2.72 bits per heavy atom. The first-order valence-corrected chi connectivity index (χ1v) is 6.83. The fraction of sp³-hybridized carbons (Fsp3) is 0.571. The molecule has 0 saturated carbocycles. The molecule has 1 N–H and O–H groups in total. The van der Waals surface area contributed by atoms with Crippen LogP contribution in [-0.4, -0.2) is 19.8 Å². The number of nitrogens with one attached hydrogen (secondary N) is 1. The van der Waals surface area contributed by atoms with Gasteiger partial charge in [-0.1, -0.05) is 24.9 Å². The van der Waals surface area contributed by atoms with E-state index in [1.807, 2.05) is 0 Å². The molecule has 0 spiro atoms. The van der Waals surface area contributed by atoms with E-state index < -0.39 is 0 Å². The molecule has 0 saturated heterocycles. The lowest BCUT2D eigenvalue weighted by Gasteiger charge is -2.06. The smallest absolute Gasteiger partial charge is 0.125 e. The molecule has 2 nitrogen and oxygen atoms in total. The van der Waals surface area contributed by atoms with E-state index >= 15 is 0 Å². The fourth-order valence-electron chi connectivity index (χ4n) is 1.59. The van der Waals surface area contributed by atoms with E-state index in [1.54, 1.807) is 6.07 Å². The van der Waals surface area contributed by atoms with Crippen LogP contribution >= 0.6 is 11.6 Å². The van der Waals surface area contributed by atoms with Gasteiger partial charge >= 0.3 is 0 Å². The van der Waals surface area contributed by atoms with Crippen molar-refractivity contribution in [3.05, 3.63) is 34.6 Å². The predicted molar refractivity (Wildman–Crippen MR) is 73.5 cm³/mol. The van der Waals surface area contributed by atoms with Gasteiger partial charge in [0.05, 0.1) is 0 Å². The summed E-state index contributed by atoms with van der Waals surface area (Å²) in [4.78, 5) is 0. The van der Waals surface area contributed by atoms with Gasteiger partial charge in [-0.25, -0.2) is 4.39 Å². The van der Waals surface area contributed by atoms with Gasteiger partial charge < -0.3 is 10.1 Å². The van der Waals surface area contributed by atoms with Gasteiger partial charge in [0.1, 0.15) is 5.82 Å². The van der Waals surface area contributed by atoms with Crippen molar-refractivity contribution >= 4 is 11.6 Å². The lowest BCUT2D eigenvalue weighted by atomic mass is 10.2. The largest absolute Gasteiger partial charge is 0.381 e. The van der Waals surface area contributed by atoms with Crippen LogP contribution in [0.4, 0.5) is 4.39 Å². The second-order valence-electron chi connectivity index (χ2n) is 4.27. The summed E-state index contributed by atoms with van der Waals surface area (Å²) in [6.07, 6.45) is 3.25. The van der Waals surface area contributed by atoms with Crippen LogP contribution in [-0.2, 0) is 11.3 Å². The second kappa shape index (κ2) is 9.31. The minimum atomic E-state index is -0.290. The number of hydrogen-bond acceptors (Lipinski definition) is 2. The Morgan fingerprint density at radius 1 is 1.22 bits per heavy atom.